The Kier molecular flexibility index (Phi) is 4.30. The summed E-state index contributed by atoms with van der Waals surface area (Å²) in [7, 11) is 1.61. The zero-order chi connectivity index (χ0) is 18.4. The van der Waals surface area contributed by atoms with E-state index in [0.29, 0.717) is 24.3 Å². The maximum absolute atomic E-state index is 11.8. The average Bonchev–Trinajstić information content (AvgIpc) is 3.18. The van der Waals surface area contributed by atoms with E-state index in [1.165, 1.54) is 5.56 Å². The normalized spacial score (nSPS) is 36.5. The van der Waals surface area contributed by atoms with Gasteiger partial charge in [-0.3, -0.25) is 0 Å². The molecule has 0 aromatic heterocycles. The highest BCUT2D eigenvalue weighted by Gasteiger charge is 2.61. The number of hydrogen-bond acceptors (Lipinski definition) is 4. The van der Waals surface area contributed by atoms with Gasteiger partial charge in [-0.1, -0.05) is 55.5 Å². The molecule has 0 radical (unpaired) electrons. The third kappa shape index (κ3) is 2.40. The minimum absolute atomic E-state index is 0.0900. The van der Waals surface area contributed by atoms with Crippen molar-refractivity contribution in [3.8, 4) is 5.75 Å². The quantitative estimate of drug-likeness (QED) is 0.793. The average molecular weight is 353 g/mol. The van der Waals surface area contributed by atoms with E-state index >= 15 is 0 Å². The fourth-order valence-electron chi connectivity index (χ4n) is 5.27. The van der Waals surface area contributed by atoms with Crippen molar-refractivity contribution >= 4 is 0 Å². The van der Waals surface area contributed by atoms with E-state index in [9.17, 15) is 10.2 Å². The summed E-state index contributed by atoms with van der Waals surface area (Å²) in [5.41, 5.74) is 0.390. The van der Waals surface area contributed by atoms with Gasteiger partial charge in [-0.05, 0) is 35.9 Å². The Morgan fingerprint density at radius 2 is 1.65 bits per heavy atom. The van der Waals surface area contributed by atoms with Crippen LogP contribution < -0.4 is 10.1 Å². The van der Waals surface area contributed by atoms with Gasteiger partial charge in [0.2, 0.25) is 0 Å². The number of aliphatic hydroxyl groups excluding tert-OH is 1. The predicted octanol–water partition coefficient (Wildman–Crippen LogP) is 2.44. The third-order valence-corrected chi connectivity index (χ3v) is 6.69. The molecule has 3 N–H and O–H groups in total. The van der Waals surface area contributed by atoms with E-state index in [1.807, 2.05) is 42.5 Å². The monoisotopic (exact) mass is 353 g/mol. The molecule has 2 aliphatic rings. The Hall–Kier alpha value is -1.88. The van der Waals surface area contributed by atoms with E-state index < -0.39 is 11.7 Å². The number of ether oxygens (including phenoxy) is 1. The third-order valence-electron chi connectivity index (χ3n) is 6.69. The molecular weight excluding hydrogens is 326 g/mol. The van der Waals surface area contributed by atoms with Gasteiger partial charge in [0.05, 0.1) is 13.2 Å². The maximum atomic E-state index is 11.8. The number of hydrogen-bond donors (Lipinski definition) is 3. The molecule has 2 aromatic carbocycles. The van der Waals surface area contributed by atoms with Gasteiger partial charge in [0.15, 0.2) is 0 Å². The topological polar surface area (TPSA) is 61.7 Å². The summed E-state index contributed by atoms with van der Waals surface area (Å²) in [4.78, 5) is 0. The summed E-state index contributed by atoms with van der Waals surface area (Å²) in [6.45, 7) is 3.73. The molecule has 4 heteroatoms. The summed E-state index contributed by atoms with van der Waals surface area (Å²) in [6.07, 6.45) is -0.362. The van der Waals surface area contributed by atoms with Crippen molar-refractivity contribution in [2.45, 2.75) is 30.5 Å². The summed E-state index contributed by atoms with van der Waals surface area (Å²) in [6, 6.07) is 17.9. The SMILES string of the molecule is COc1ccccc1C1(O)C(O)CC(C)(c2ccccc2)C2CNCC21. The zero-order valence-corrected chi connectivity index (χ0v) is 15.4. The first-order valence-electron chi connectivity index (χ1n) is 9.32. The maximum Gasteiger partial charge on any atom is 0.125 e. The smallest absolute Gasteiger partial charge is 0.125 e. The van der Waals surface area contributed by atoms with E-state index in [4.69, 9.17) is 4.74 Å². The van der Waals surface area contributed by atoms with Crippen LogP contribution in [0, 0.1) is 11.8 Å². The van der Waals surface area contributed by atoms with E-state index in [2.05, 4.69) is 24.4 Å². The number of benzene rings is 2. The molecule has 2 aromatic rings. The van der Waals surface area contributed by atoms with Crippen molar-refractivity contribution in [1.82, 2.24) is 5.32 Å². The molecule has 0 amide bonds. The minimum atomic E-state index is -1.32. The molecule has 1 aliphatic heterocycles. The van der Waals surface area contributed by atoms with Crippen LogP contribution in [0.1, 0.15) is 24.5 Å². The summed E-state index contributed by atoms with van der Waals surface area (Å²) >= 11 is 0. The molecule has 0 spiro atoms. The molecule has 0 bridgehead atoms. The van der Waals surface area contributed by atoms with Crippen molar-refractivity contribution in [1.29, 1.82) is 0 Å². The van der Waals surface area contributed by atoms with Gasteiger partial charge in [-0.15, -0.1) is 0 Å². The van der Waals surface area contributed by atoms with Crippen molar-refractivity contribution in [3.63, 3.8) is 0 Å². The summed E-state index contributed by atoms with van der Waals surface area (Å²) in [5.74, 6) is 0.763. The lowest BCUT2D eigenvalue weighted by Gasteiger charge is -2.53. The van der Waals surface area contributed by atoms with Gasteiger partial charge in [0, 0.05) is 18.0 Å². The van der Waals surface area contributed by atoms with Crippen LogP contribution in [0.15, 0.2) is 54.6 Å². The molecule has 138 valence electrons. The van der Waals surface area contributed by atoms with Crippen molar-refractivity contribution < 1.29 is 14.9 Å². The van der Waals surface area contributed by atoms with Gasteiger partial charge < -0.3 is 20.3 Å². The Bertz CT molecular complexity index is 780. The number of nitrogens with one attached hydrogen (secondary N) is 1. The molecule has 1 heterocycles. The molecule has 2 fully saturated rings. The van der Waals surface area contributed by atoms with E-state index in [0.717, 1.165) is 6.54 Å². The second kappa shape index (κ2) is 6.38. The van der Waals surface area contributed by atoms with Crippen LogP contribution >= 0.6 is 0 Å². The number of aliphatic hydroxyl groups is 2. The number of rotatable bonds is 3. The molecule has 5 unspecified atom stereocenters. The number of fused-ring (bicyclic) bond motifs is 1. The predicted molar refractivity (Wildman–Crippen MR) is 101 cm³/mol. The van der Waals surface area contributed by atoms with Crippen molar-refractivity contribution in [2.24, 2.45) is 11.8 Å². The van der Waals surface area contributed by atoms with Gasteiger partial charge in [0.1, 0.15) is 11.4 Å². The molecule has 1 saturated carbocycles. The van der Waals surface area contributed by atoms with Gasteiger partial charge in [0.25, 0.3) is 0 Å². The highest BCUT2D eigenvalue weighted by Crippen LogP contribution is 2.56. The van der Waals surface area contributed by atoms with Crippen LogP contribution in [-0.4, -0.2) is 36.5 Å². The Morgan fingerprint density at radius 1 is 1.00 bits per heavy atom. The van der Waals surface area contributed by atoms with E-state index in [1.54, 1.807) is 7.11 Å². The van der Waals surface area contributed by atoms with E-state index in [-0.39, 0.29) is 17.3 Å². The first-order chi connectivity index (χ1) is 12.5. The fraction of sp³-hybridized carbons (Fsp3) is 0.455. The summed E-state index contributed by atoms with van der Waals surface area (Å²) < 4.78 is 5.51. The van der Waals surface area contributed by atoms with Crippen molar-refractivity contribution in [2.75, 3.05) is 20.2 Å². The molecule has 26 heavy (non-hydrogen) atoms. The lowest BCUT2D eigenvalue weighted by atomic mass is 9.53. The van der Waals surface area contributed by atoms with Gasteiger partial charge in [-0.25, -0.2) is 0 Å². The number of methoxy groups -OCH3 is 1. The van der Waals surface area contributed by atoms with Crippen LogP contribution in [0.2, 0.25) is 0 Å². The molecule has 1 aliphatic carbocycles. The molecule has 4 rings (SSSR count). The van der Waals surface area contributed by atoms with Crippen LogP contribution in [0.25, 0.3) is 0 Å². The highest BCUT2D eigenvalue weighted by atomic mass is 16.5. The van der Waals surface area contributed by atoms with Gasteiger partial charge >= 0.3 is 0 Å². The Labute approximate surface area is 154 Å². The second-order valence-corrected chi connectivity index (χ2v) is 7.90. The Balaban J connectivity index is 1.82. The molecule has 1 saturated heterocycles. The van der Waals surface area contributed by atoms with Crippen LogP contribution in [0.3, 0.4) is 0 Å². The van der Waals surface area contributed by atoms with Crippen molar-refractivity contribution in [3.05, 3.63) is 65.7 Å². The van der Waals surface area contributed by atoms with Crippen LogP contribution in [0.5, 0.6) is 5.75 Å². The first kappa shape index (κ1) is 17.5. The number of para-hydroxylation sites is 1. The largest absolute Gasteiger partial charge is 0.496 e. The fourth-order valence-corrected chi connectivity index (χ4v) is 5.27. The lowest BCUT2D eigenvalue weighted by Crippen LogP contribution is -2.59. The standard InChI is InChI=1S/C22H27NO3/c1-21(15-8-4-3-5-9-15)12-20(24)22(25,18-14-23-13-17(18)21)16-10-6-7-11-19(16)26-2/h3-11,17-18,20,23-25H,12-14H2,1-2H3. The molecular formula is C22H27NO3. The summed E-state index contributed by atoms with van der Waals surface area (Å²) in [5, 5.41) is 26.5. The van der Waals surface area contributed by atoms with Crippen LogP contribution in [0.4, 0.5) is 0 Å². The lowest BCUT2D eigenvalue weighted by molar-refractivity contribution is -0.170. The zero-order valence-electron chi connectivity index (χ0n) is 15.4. The highest BCUT2D eigenvalue weighted by molar-refractivity contribution is 5.42. The van der Waals surface area contributed by atoms with Crippen LogP contribution in [-0.2, 0) is 11.0 Å². The molecule has 4 nitrogen and oxygen atoms in total. The first-order valence-corrected chi connectivity index (χ1v) is 9.32. The second-order valence-electron chi connectivity index (χ2n) is 7.90. The Morgan fingerprint density at radius 3 is 2.38 bits per heavy atom. The molecule has 5 atom stereocenters. The minimum Gasteiger partial charge on any atom is -0.496 e. The van der Waals surface area contributed by atoms with Gasteiger partial charge in [-0.2, -0.15) is 0 Å².